The van der Waals surface area contributed by atoms with E-state index in [0.29, 0.717) is 0 Å². The molecule has 2 rings (SSSR count). The number of aryl methyl sites for hydroxylation is 1. The Kier molecular flexibility index (Phi) is 4.35. The molecule has 0 saturated carbocycles. The van der Waals surface area contributed by atoms with E-state index in [1.807, 2.05) is 68.4 Å². The second-order valence-corrected chi connectivity index (χ2v) is 4.68. The lowest BCUT2D eigenvalue weighted by molar-refractivity contribution is -0.117. The van der Waals surface area contributed by atoms with Crippen molar-refractivity contribution in [2.45, 2.75) is 26.2 Å². The molecule has 1 N–H and O–H groups in total. The fraction of sp³-hybridized carbons (Fsp3) is 0.235. The van der Waals surface area contributed by atoms with Gasteiger partial charge in [-0.2, -0.15) is 0 Å². The van der Waals surface area contributed by atoms with Crippen LogP contribution < -0.4 is 5.32 Å². The minimum absolute atomic E-state index is 0.0583. The first-order valence-electron chi connectivity index (χ1n) is 6.63. The fourth-order valence-corrected chi connectivity index (χ4v) is 2.19. The van der Waals surface area contributed by atoms with Gasteiger partial charge in [-0.3, -0.25) is 4.79 Å². The molecule has 19 heavy (non-hydrogen) atoms. The van der Waals surface area contributed by atoms with Crippen molar-refractivity contribution in [1.29, 1.82) is 0 Å². The van der Waals surface area contributed by atoms with Crippen LogP contribution in [0.5, 0.6) is 0 Å². The zero-order chi connectivity index (χ0) is 13.7. The minimum Gasteiger partial charge on any atom is -0.325 e. The quantitative estimate of drug-likeness (QED) is 0.872. The molecule has 2 aromatic carbocycles. The third-order valence-electron chi connectivity index (χ3n) is 3.33. The van der Waals surface area contributed by atoms with E-state index < -0.39 is 0 Å². The van der Waals surface area contributed by atoms with E-state index in [1.54, 1.807) is 0 Å². The van der Waals surface area contributed by atoms with Crippen LogP contribution in [0.3, 0.4) is 0 Å². The number of benzene rings is 2. The van der Waals surface area contributed by atoms with Gasteiger partial charge in [0.2, 0.25) is 5.91 Å². The molecule has 2 nitrogen and oxygen atoms in total. The van der Waals surface area contributed by atoms with Gasteiger partial charge in [0, 0.05) is 5.69 Å². The fourth-order valence-electron chi connectivity index (χ4n) is 2.19. The molecule has 0 aromatic heterocycles. The number of para-hydroxylation sites is 1. The predicted octanol–water partition coefficient (Wildman–Crippen LogP) is 4.13. The Bertz CT molecular complexity index is 548. The molecule has 0 bridgehead atoms. The number of nitrogens with one attached hydrogen (secondary N) is 1. The molecule has 0 fully saturated rings. The van der Waals surface area contributed by atoms with Gasteiger partial charge in [0.15, 0.2) is 0 Å². The van der Waals surface area contributed by atoms with Crippen molar-refractivity contribution in [2.75, 3.05) is 5.32 Å². The van der Waals surface area contributed by atoms with Gasteiger partial charge < -0.3 is 5.32 Å². The first-order chi connectivity index (χ1) is 9.22. The van der Waals surface area contributed by atoms with E-state index in [2.05, 4.69) is 5.32 Å². The Hall–Kier alpha value is -2.09. The van der Waals surface area contributed by atoms with E-state index in [1.165, 1.54) is 0 Å². The molecule has 0 aliphatic heterocycles. The molecule has 0 unspecified atom stereocenters. The van der Waals surface area contributed by atoms with E-state index in [-0.39, 0.29) is 11.8 Å². The summed E-state index contributed by atoms with van der Waals surface area (Å²) in [6, 6.07) is 17.8. The Morgan fingerprint density at radius 3 is 2.32 bits per heavy atom. The molecule has 2 aromatic rings. The zero-order valence-corrected chi connectivity index (χ0v) is 11.4. The van der Waals surface area contributed by atoms with Crippen LogP contribution in [0.25, 0.3) is 0 Å². The van der Waals surface area contributed by atoms with E-state index in [9.17, 15) is 4.79 Å². The molecular formula is C17H19NO. The van der Waals surface area contributed by atoms with Crippen molar-refractivity contribution in [3.8, 4) is 0 Å². The van der Waals surface area contributed by atoms with Gasteiger partial charge in [0.1, 0.15) is 0 Å². The normalized spacial score (nSPS) is 11.9. The van der Waals surface area contributed by atoms with Crippen molar-refractivity contribution in [2.24, 2.45) is 0 Å². The molecule has 2 heteroatoms. The summed E-state index contributed by atoms with van der Waals surface area (Å²) in [5, 5.41) is 3.02. The second kappa shape index (κ2) is 6.19. The van der Waals surface area contributed by atoms with Crippen LogP contribution in [-0.4, -0.2) is 5.91 Å². The number of hydrogen-bond donors (Lipinski definition) is 1. The lowest BCUT2D eigenvalue weighted by Gasteiger charge is -2.16. The van der Waals surface area contributed by atoms with Crippen molar-refractivity contribution in [3.05, 3.63) is 65.7 Å². The van der Waals surface area contributed by atoms with Crippen molar-refractivity contribution >= 4 is 11.6 Å². The molecule has 0 aliphatic carbocycles. The predicted molar refractivity (Wildman–Crippen MR) is 79.3 cm³/mol. The highest BCUT2D eigenvalue weighted by Crippen LogP contribution is 2.22. The van der Waals surface area contributed by atoms with Gasteiger partial charge in [-0.05, 0) is 30.5 Å². The second-order valence-electron chi connectivity index (χ2n) is 4.68. The van der Waals surface area contributed by atoms with Gasteiger partial charge in [-0.25, -0.2) is 0 Å². The molecule has 1 amide bonds. The molecule has 0 saturated heterocycles. The van der Waals surface area contributed by atoms with Crippen molar-refractivity contribution in [3.63, 3.8) is 0 Å². The minimum atomic E-state index is -0.0965. The number of hydrogen-bond acceptors (Lipinski definition) is 1. The largest absolute Gasteiger partial charge is 0.325 e. The summed E-state index contributed by atoms with van der Waals surface area (Å²) in [6.07, 6.45) is 0.793. The van der Waals surface area contributed by atoms with Crippen molar-refractivity contribution in [1.82, 2.24) is 0 Å². The highest BCUT2D eigenvalue weighted by molar-refractivity contribution is 5.96. The molecule has 0 radical (unpaired) electrons. The summed E-state index contributed by atoms with van der Waals surface area (Å²) in [5.41, 5.74) is 3.04. The summed E-state index contributed by atoms with van der Waals surface area (Å²) < 4.78 is 0. The van der Waals surface area contributed by atoms with Crippen molar-refractivity contribution < 1.29 is 4.79 Å². The Morgan fingerprint density at radius 2 is 1.68 bits per heavy atom. The summed E-state index contributed by atoms with van der Waals surface area (Å²) >= 11 is 0. The number of anilines is 1. The molecule has 1 atom stereocenters. The van der Waals surface area contributed by atoms with Crippen LogP contribution in [-0.2, 0) is 4.79 Å². The first kappa shape index (κ1) is 13.3. The summed E-state index contributed by atoms with van der Waals surface area (Å²) in [7, 11) is 0. The van der Waals surface area contributed by atoms with Crippen LogP contribution in [0.4, 0.5) is 5.69 Å². The number of carbonyl (C=O) groups excluding carboxylic acids is 1. The monoisotopic (exact) mass is 253 g/mol. The standard InChI is InChI=1S/C17H19NO/c1-3-15(14-10-5-4-6-11-14)17(19)18-16-12-8-7-9-13(16)2/h4-12,15H,3H2,1-2H3,(H,18,19)/t15-/m1/s1. The molecule has 0 heterocycles. The molecule has 98 valence electrons. The maximum atomic E-state index is 12.4. The van der Waals surface area contributed by atoms with Crippen LogP contribution in [0.15, 0.2) is 54.6 Å². The lowest BCUT2D eigenvalue weighted by atomic mass is 9.95. The summed E-state index contributed by atoms with van der Waals surface area (Å²) in [4.78, 5) is 12.4. The number of carbonyl (C=O) groups is 1. The van der Waals surface area contributed by atoms with Crippen LogP contribution in [0.2, 0.25) is 0 Å². The van der Waals surface area contributed by atoms with E-state index >= 15 is 0 Å². The summed E-state index contributed by atoms with van der Waals surface area (Å²) in [6.45, 7) is 4.04. The number of amides is 1. The average molecular weight is 253 g/mol. The Morgan fingerprint density at radius 1 is 1.05 bits per heavy atom. The van der Waals surface area contributed by atoms with Crippen LogP contribution in [0, 0.1) is 6.92 Å². The SMILES string of the molecule is CC[C@@H](C(=O)Nc1ccccc1C)c1ccccc1. The highest BCUT2D eigenvalue weighted by atomic mass is 16.1. The average Bonchev–Trinajstić information content (AvgIpc) is 2.43. The van der Waals surface area contributed by atoms with Gasteiger partial charge in [-0.1, -0.05) is 55.5 Å². The molecule has 0 spiro atoms. The van der Waals surface area contributed by atoms with Gasteiger partial charge >= 0.3 is 0 Å². The van der Waals surface area contributed by atoms with Crippen LogP contribution in [0.1, 0.15) is 30.4 Å². The highest BCUT2D eigenvalue weighted by Gasteiger charge is 2.18. The molecule has 0 aliphatic rings. The third-order valence-corrected chi connectivity index (χ3v) is 3.33. The number of rotatable bonds is 4. The van der Waals surface area contributed by atoms with Gasteiger partial charge in [0.05, 0.1) is 5.92 Å². The van der Waals surface area contributed by atoms with Crippen LogP contribution >= 0.6 is 0 Å². The maximum absolute atomic E-state index is 12.4. The van der Waals surface area contributed by atoms with E-state index in [4.69, 9.17) is 0 Å². The smallest absolute Gasteiger partial charge is 0.231 e. The summed E-state index contributed by atoms with van der Waals surface area (Å²) in [5.74, 6) is -0.0381. The Balaban J connectivity index is 2.17. The molecular weight excluding hydrogens is 234 g/mol. The third kappa shape index (κ3) is 3.22. The maximum Gasteiger partial charge on any atom is 0.231 e. The topological polar surface area (TPSA) is 29.1 Å². The lowest BCUT2D eigenvalue weighted by Crippen LogP contribution is -2.21. The Labute approximate surface area is 114 Å². The zero-order valence-electron chi connectivity index (χ0n) is 11.4. The van der Waals surface area contributed by atoms with E-state index in [0.717, 1.165) is 23.2 Å². The van der Waals surface area contributed by atoms with Gasteiger partial charge in [0.25, 0.3) is 0 Å². The van der Waals surface area contributed by atoms with Gasteiger partial charge in [-0.15, -0.1) is 0 Å². The first-order valence-corrected chi connectivity index (χ1v) is 6.63.